The van der Waals surface area contributed by atoms with Gasteiger partial charge in [0.05, 0.1) is 0 Å². The fraction of sp³-hybridized carbons (Fsp3) is 0.182. The van der Waals surface area contributed by atoms with E-state index in [-0.39, 0.29) is 5.97 Å². The highest BCUT2D eigenvalue weighted by atomic mass is 16.5. The van der Waals surface area contributed by atoms with Crippen LogP contribution in [0.1, 0.15) is 18.1 Å². The lowest BCUT2D eigenvalue weighted by Crippen LogP contribution is -2.02. The van der Waals surface area contributed by atoms with Crippen molar-refractivity contribution in [3.8, 4) is 5.75 Å². The molecule has 0 radical (unpaired) electrons. The van der Waals surface area contributed by atoms with Crippen molar-refractivity contribution in [2.45, 2.75) is 13.8 Å². The van der Waals surface area contributed by atoms with Gasteiger partial charge in [-0.3, -0.25) is 4.79 Å². The van der Waals surface area contributed by atoms with Gasteiger partial charge >= 0.3 is 5.97 Å². The highest BCUT2D eigenvalue weighted by molar-refractivity contribution is 5.71. The second-order valence-electron chi connectivity index (χ2n) is 2.84. The summed E-state index contributed by atoms with van der Waals surface area (Å²) in [5, 5.41) is 0. The van der Waals surface area contributed by atoms with Crippen molar-refractivity contribution in [1.29, 1.82) is 0 Å². The van der Waals surface area contributed by atoms with E-state index in [0.717, 1.165) is 11.1 Å². The molecule has 0 aromatic heterocycles. The maximum Gasteiger partial charge on any atom is 0.308 e. The molecule has 0 N–H and O–H groups in total. The third kappa shape index (κ3) is 2.44. The molecule has 0 saturated carbocycles. The molecule has 0 bridgehead atoms. The molecular weight excluding hydrogens is 164 g/mol. The van der Waals surface area contributed by atoms with E-state index in [2.05, 4.69) is 6.58 Å². The lowest BCUT2D eigenvalue weighted by molar-refractivity contribution is -0.131. The molecule has 0 atom stereocenters. The van der Waals surface area contributed by atoms with Gasteiger partial charge in [0.1, 0.15) is 5.75 Å². The second-order valence-corrected chi connectivity index (χ2v) is 2.84. The number of rotatable bonds is 2. The van der Waals surface area contributed by atoms with Gasteiger partial charge in [-0.25, -0.2) is 0 Å². The standard InChI is InChI=1S/C11H12O2/c1-4-10-6-5-8(2)7-11(10)13-9(3)12/h4-7H,1H2,2-3H3. The Morgan fingerprint density at radius 2 is 2.23 bits per heavy atom. The zero-order valence-corrected chi connectivity index (χ0v) is 7.83. The molecular formula is C11H12O2. The van der Waals surface area contributed by atoms with Gasteiger partial charge in [0.2, 0.25) is 0 Å². The highest BCUT2D eigenvalue weighted by Gasteiger charge is 2.02. The van der Waals surface area contributed by atoms with E-state index in [1.165, 1.54) is 6.92 Å². The normalized spacial score (nSPS) is 9.38. The predicted octanol–water partition coefficient (Wildman–Crippen LogP) is 2.56. The molecule has 2 nitrogen and oxygen atoms in total. The predicted molar refractivity (Wildman–Crippen MR) is 52.6 cm³/mol. The van der Waals surface area contributed by atoms with Crippen molar-refractivity contribution >= 4 is 12.0 Å². The Bertz CT molecular complexity index is 340. The summed E-state index contributed by atoms with van der Waals surface area (Å²) in [5.41, 5.74) is 1.89. The van der Waals surface area contributed by atoms with Crippen molar-refractivity contribution < 1.29 is 9.53 Å². The number of ether oxygens (including phenoxy) is 1. The Morgan fingerprint density at radius 3 is 2.77 bits per heavy atom. The number of carbonyl (C=O) groups excluding carboxylic acids is 1. The molecule has 0 saturated heterocycles. The molecule has 0 aliphatic rings. The lowest BCUT2D eigenvalue weighted by atomic mass is 10.1. The van der Waals surface area contributed by atoms with Crippen LogP contribution in [0.5, 0.6) is 5.75 Å². The van der Waals surface area contributed by atoms with Crippen LogP contribution < -0.4 is 4.74 Å². The van der Waals surface area contributed by atoms with Crippen LogP contribution in [0, 0.1) is 6.92 Å². The second kappa shape index (κ2) is 3.90. The van der Waals surface area contributed by atoms with E-state index in [1.54, 1.807) is 6.08 Å². The zero-order chi connectivity index (χ0) is 9.84. The maximum absolute atomic E-state index is 10.7. The van der Waals surface area contributed by atoms with Gasteiger partial charge in [0, 0.05) is 12.5 Å². The van der Waals surface area contributed by atoms with Gasteiger partial charge in [-0.15, -0.1) is 0 Å². The first kappa shape index (κ1) is 9.52. The fourth-order valence-corrected chi connectivity index (χ4v) is 1.05. The average Bonchev–Trinajstić information content (AvgIpc) is 2.03. The van der Waals surface area contributed by atoms with E-state index < -0.39 is 0 Å². The molecule has 13 heavy (non-hydrogen) atoms. The lowest BCUT2D eigenvalue weighted by Gasteiger charge is -2.05. The number of benzene rings is 1. The zero-order valence-electron chi connectivity index (χ0n) is 7.83. The van der Waals surface area contributed by atoms with Crippen molar-refractivity contribution in [1.82, 2.24) is 0 Å². The Hall–Kier alpha value is -1.57. The first-order valence-electron chi connectivity index (χ1n) is 4.05. The molecule has 0 aliphatic carbocycles. The molecule has 1 aromatic rings. The molecule has 0 heterocycles. The van der Waals surface area contributed by atoms with Crippen molar-refractivity contribution in [2.24, 2.45) is 0 Å². The van der Waals surface area contributed by atoms with E-state index >= 15 is 0 Å². The molecule has 0 unspecified atom stereocenters. The molecule has 2 heteroatoms. The highest BCUT2D eigenvalue weighted by Crippen LogP contribution is 2.21. The van der Waals surface area contributed by atoms with Gasteiger partial charge in [0.25, 0.3) is 0 Å². The summed E-state index contributed by atoms with van der Waals surface area (Å²) >= 11 is 0. The number of hydrogen-bond acceptors (Lipinski definition) is 2. The molecule has 0 aliphatic heterocycles. The number of hydrogen-bond donors (Lipinski definition) is 0. The molecule has 0 spiro atoms. The van der Waals surface area contributed by atoms with Crippen LogP contribution in [0.25, 0.3) is 6.08 Å². The van der Waals surface area contributed by atoms with Crippen molar-refractivity contribution in [2.75, 3.05) is 0 Å². The number of aryl methyl sites for hydroxylation is 1. The van der Waals surface area contributed by atoms with Crippen LogP contribution in [0.3, 0.4) is 0 Å². The minimum atomic E-state index is -0.311. The number of carbonyl (C=O) groups is 1. The minimum Gasteiger partial charge on any atom is -0.426 e. The quantitative estimate of drug-likeness (QED) is 0.511. The van der Waals surface area contributed by atoms with E-state index in [4.69, 9.17) is 4.74 Å². The summed E-state index contributed by atoms with van der Waals surface area (Å²) in [5.74, 6) is 0.260. The summed E-state index contributed by atoms with van der Waals surface area (Å²) < 4.78 is 5.01. The Balaban J connectivity index is 3.07. The third-order valence-corrected chi connectivity index (χ3v) is 1.64. The van der Waals surface area contributed by atoms with Gasteiger partial charge in [-0.2, -0.15) is 0 Å². The fourth-order valence-electron chi connectivity index (χ4n) is 1.05. The topological polar surface area (TPSA) is 26.3 Å². The Labute approximate surface area is 77.8 Å². The Morgan fingerprint density at radius 1 is 1.54 bits per heavy atom. The van der Waals surface area contributed by atoms with Crippen LogP contribution in [0.2, 0.25) is 0 Å². The van der Waals surface area contributed by atoms with E-state index in [1.807, 2.05) is 25.1 Å². The summed E-state index contributed by atoms with van der Waals surface area (Å²) in [6.07, 6.45) is 1.66. The van der Waals surface area contributed by atoms with Crippen LogP contribution in [-0.4, -0.2) is 5.97 Å². The maximum atomic E-state index is 10.7. The largest absolute Gasteiger partial charge is 0.426 e. The Kier molecular flexibility index (Phi) is 2.85. The van der Waals surface area contributed by atoms with Gasteiger partial charge in [0.15, 0.2) is 0 Å². The first-order valence-corrected chi connectivity index (χ1v) is 4.05. The van der Waals surface area contributed by atoms with Crippen LogP contribution >= 0.6 is 0 Å². The van der Waals surface area contributed by atoms with Gasteiger partial charge < -0.3 is 4.74 Å². The summed E-state index contributed by atoms with van der Waals surface area (Å²) in [4.78, 5) is 10.7. The molecule has 1 rings (SSSR count). The summed E-state index contributed by atoms with van der Waals surface area (Å²) in [6.45, 7) is 6.97. The third-order valence-electron chi connectivity index (χ3n) is 1.64. The van der Waals surface area contributed by atoms with Crippen LogP contribution in [0.15, 0.2) is 24.8 Å². The first-order chi connectivity index (χ1) is 6.13. The van der Waals surface area contributed by atoms with Crippen molar-refractivity contribution in [3.63, 3.8) is 0 Å². The van der Waals surface area contributed by atoms with E-state index in [9.17, 15) is 4.79 Å². The monoisotopic (exact) mass is 176 g/mol. The molecule has 0 fully saturated rings. The minimum absolute atomic E-state index is 0.311. The molecule has 0 amide bonds. The van der Waals surface area contributed by atoms with Gasteiger partial charge in [-0.1, -0.05) is 24.8 Å². The number of esters is 1. The molecule has 1 aromatic carbocycles. The van der Waals surface area contributed by atoms with Crippen molar-refractivity contribution in [3.05, 3.63) is 35.9 Å². The summed E-state index contributed by atoms with van der Waals surface area (Å²) in [6, 6.07) is 5.64. The van der Waals surface area contributed by atoms with Crippen LogP contribution in [-0.2, 0) is 4.79 Å². The average molecular weight is 176 g/mol. The SMILES string of the molecule is C=Cc1ccc(C)cc1OC(C)=O. The molecule has 68 valence electrons. The smallest absolute Gasteiger partial charge is 0.308 e. The van der Waals surface area contributed by atoms with Crippen LogP contribution in [0.4, 0.5) is 0 Å². The summed E-state index contributed by atoms with van der Waals surface area (Å²) in [7, 11) is 0. The van der Waals surface area contributed by atoms with E-state index in [0.29, 0.717) is 5.75 Å². The van der Waals surface area contributed by atoms with Gasteiger partial charge in [-0.05, 0) is 18.6 Å².